The zero-order chi connectivity index (χ0) is 14.4. The second kappa shape index (κ2) is 7.44. The van der Waals surface area contributed by atoms with Crippen molar-refractivity contribution in [1.29, 1.82) is 0 Å². The van der Waals surface area contributed by atoms with Gasteiger partial charge in [-0.1, -0.05) is 43.5 Å². The van der Waals surface area contributed by atoms with Crippen LogP contribution < -0.4 is 5.32 Å². The second-order valence-corrected chi connectivity index (χ2v) is 5.95. The van der Waals surface area contributed by atoms with Gasteiger partial charge in [-0.15, -0.1) is 0 Å². The van der Waals surface area contributed by atoms with Crippen molar-refractivity contribution in [1.82, 2.24) is 5.32 Å². The van der Waals surface area contributed by atoms with Gasteiger partial charge in [0.2, 0.25) is 0 Å². The Labute approximate surface area is 121 Å². The summed E-state index contributed by atoms with van der Waals surface area (Å²) in [5, 5.41) is 12.4. The molecule has 1 aliphatic carbocycles. The van der Waals surface area contributed by atoms with Crippen LogP contribution in [0.2, 0.25) is 0 Å². The summed E-state index contributed by atoms with van der Waals surface area (Å²) >= 11 is 0. The van der Waals surface area contributed by atoms with E-state index in [1.54, 1.807) is 0 Å². The van der Waals surface area contributed by atoms with E-state index in [2.05, 4.69) is 12.2 Å². The van der Waals surface area contributed by atoms with E-state index < -0.39 is 5.97 Å². The molecule has 110 valence electrons. The Kier molecular flexibility index (Phi) is 5.60. The first kappa shape index (κ1) is 15.0. The molecule has 0 aromatic heterocycles. The van der Waals surface area contributed by atoms with E-state index >= 15 is 0 Å². The molecule has 0 spiro atoms. The third-order valence-electron chi connectivity index (χ3n) is 4.36. The van der Waals surface area contributed by atoms with Gasteiger partial charge in [-0.25, -0.2) is 0 Å². The van der Waals surface area contributed by atoms with Gasteiger partial charge in [0.25, 0.3) is 0 Å². The van der Waals surface area contributed by atoms with E-state index in [9.17, 15) is 4.79 Å². The summed E-state index contributed by atoms with van der Waals surface area (Å²) in [6, 6.07) is 8.44. The van der Waals surface area contributed by atoms with Crippen molar-refractivity contribution in [2.24, 2.45) is 5.92 Å². The molecule has 3 heteroatoms. The first-order valence-electron chi connectivity index (χ1n) is 7.68. The van der Waals surface area contributed by atoms with E-state index in [0.29, 0.717) is 6.04 Å². The van der Waals surface area contributed by atoms with Gasteiger partial charge in [-0.3, -0.25) is 4.79 Å². The minimum absolute atomic E-state index is 0.103. The molecular formula is C17H25NO2. The quantitative estimate of drug-likeness (QED) is 0.837. The highest BCUT2D eigenvalue weighted by molar-refractivity contribution is 5.70. The number of aliphatic carboxylic acids is 1. The van der Waals surface area contributed by atoms with Crippen LogP contribution in [0.4, 0.5) is 0 Å². The molecule has 1 saturated carbocycles. The lowest BCUT2D eigenvalue weighted by molar-refractivity contribution is -0.136. The SMILES string of the molecule is CC(NCc1ccc(CC(=O)O)cc1)C1CCCCC1. The van der Waals surface area contributed by atoms with Gasteiger partial charge in [0.1, 0.15) is 0 Å². The van der Waals surface area contributed by atoms with Crippen molar-refractivity contribution in [3.05, 3.63) is 35.4 Å². The molecule has 0 aliphatic heterocycles. The number of benzene rings is 1. The number of carbonyl (C=O) groups is 1. The van der Waals surface area contributed by atoms with Crippen LogP contribution in [-0.4, -0.2) is 17.1 Å². The standard InChI is InChI=1S/C17H25NO2/c1-13(16-5-3-2-4-6-16)18-12-15-9-7-14(8-10-15)11-17(19)20/h7-10,13,16,18H,2-6,11-12H2,1H3,(H,19,20). The molecule has 0 saturated heterocycles. The topological polar surface area (TPSA) is 49.3 Å². The Balaban J connectivity index is 1.79. The van der Waals surface area contributed by atoms with Gasteiger partial charge >= 0.3 is 5.97 Å². The average Bonchev–Trinajstić information content (AvgIpc) is 2.46. The lowest BCUT2D eigenvalue weighted by Crippen LogP contribution is -2.34. The maximum atomic E-state index is 10.6. The van der Waals surface area contributed by atoms with Crippen molar-refractivity contribution < 1.29 is 9.90 Å². The van der Waals surface area contributed by atoms with Gasteiger partial charge < -0.3 is 10.4 Å². The van der Waals surface area contributed by atoms with Crippen LogP contribution >= 0.6 is 0 Å². The van der Waals surface area contributed by atoms with E-state index in [1.807, 2.05) is 24.3 Å². The number of hydrogen-bond donors (Lipinski definition) is 2. The van der Waals surface area contributed by atoms with Crippen LogP contribution in [0.25, 0.3) is 0 Å². The summed E-state index contributed by atoms with van der Waals surface area (Å²) < 4.78 is 0. The van der Waals surface area contributed by atoms with Gasteiger partial charge in [0.05, 0.1) is 6.42 Å². The van der Waals surface area contributed by atoms with Crippen molar-refractivity contribution in [3.63, 3.8) is 0 Å². The molecule has 1 aromatic rings. The summed E-state index contributed by atoms with van der Waals surface area (Å²) in [4.78, 5) is 10.6. The molecule has 1 aromatic carbocycles. The van der Waals surface area contributed by atoms with E-state index in [4.69, 9.17) is 5.11 Å². The summed E-state index contributed by atoms with van der Waals surface area (Å²) in [7, 11) is 0. The number of hydrogen-bond acceptors (Lipinski definition) is 2. The molecule has 1 atom stereocenters. The van der Waals surface area contributed by atoms with Crippen LogP contribution in [-0.2, 0) is 17.8 Å². The maximum absolute atomic E-state index is 10.6. The van der Waals surface area contributed by atoms with Crippen LogP contribution in [0, 0.1) is 5.92 Å². The van der Waals surface area contributed by atoms with Gasteiger partial charge in [0, 0.05) is 12.6 Å². The minimum atomic E-state index is -0.776. The third kappa shape index (κ3) is 4.64. The monoisotopic (exact) mass is 275 g/mol. The van der Waals surface area contributed by atoms with Gasteiger partial charge in [-0.05, 0) is 36.8 Å². The molecule has 0 amide bonds. The second-order valence-electron chi connectivity index (χ2n) is 5.95. The summed E-state index contributed by atoms with van der Waals surface area (Å²) in [6.45, 7) is 3.15. The van der Waals surface area contributed by atoms with Crippen molar-refractivity contribution in [3.8, 4) is 0 Å². The normalized spacial score (nSPS) is 17.9. The van der Waals surface area contributed by atoms with E-state index in [1.165, 1.54) is 37.7 Å². The van der Waals surface area contributed by atoms with Gasteiger partial charge in [0.15, 0.2) is 0 Å². The third-order valence-corrected chi connectivity index (χ3v) is 4.36. The Morgan fingerprint density at radius 2 is 1.80 bits per heavy atom. The molecule has 0 heterocycles. The van der Waals surface area contributed by atoms with Crippen molar-refractivity contribution in [2.75, 3.05) is 0 Å². The highest BCUT2D eigenvalue weighted by Crippen LogP contribution is 2.26. The fourth-order valence-corrected chi connectivity index (χ4v) is 3.03. The molecule has 0 radical (unpaired) electrons. The lowest BCUT2D eigenvalue weighted by Gasteiger charge is -2.28. The zero-order valence-electron chi connectivity index (χ0n) is 12.3. The molecule has 1 fully saturated rings. The number of rotatable bonds is 6. The van der Waals surface area contributed by atoms with Gasteiger partial charge in [-0.2, -0.15) is 0 Å². The van der Waals surface area contributed by atoms with Crippen LogP contribution in [0.1, 0.15) is 50.2 Å². The Hall–Kier alpha value is -1.35. The molecule has 2 rings (SSSR count). The maximum Gasteiger partial charge on any atom is 0.307 e. The first-order chi connectivity index (χ1) is 9.65. The smallest absolute Gasteiger partial charge is 0.307 e. The largest absolute Gasteiger partial charge is 0.481 e. The molecule has 20 heavy (non-hydrogen) atoms. The molecular weight excluding hydrogens is 250 g/mol. The van der Waals surface area contributed by atoms with E-state index in [-0.39, 0.29) is 6.42 Å². The summed E-state index contributed by atoms with van der Waals surface area (Å²) in [5.74, 6) is 0.0387. The Morgan fingerprint density at radius 1 is 1.20 bits per heavy atom. The lowest BCUT2D eigenvalue weighted by atomic mass is 9.84. The average molecular weight is 275 g/mol. The summed E-state index contributed by atoms with van der Waals surface area (Å²) in [5.41, 5.74) is 2.09. The predicted molar refractivity (Wildman–Crippen MR) is 80.7 cm³/mol. The zero-order valence-corrected chi connectivity index (χ0v) is 12.3. The number of carboxylic acids is 1. The first-order valence-corrected chi connectivity index (χ1v) is 7.68. The molecule has 1 aliphatic rings. The van der Waals surface area contributed by atoms with Crippen molar-refractivity contribution in [2.45, 2.75) is 58.0 Å². The van der Waals surface area contributed by atoms with Crippen LogP contribution in [0.5, 0.6) is 0 Å². The summed E-state index contributed by atoms with van der Waals surface area (Å²) in [6.07, 6.45) is 6.96. The van der Waals surface area contributed by atoms with Crippen LogP contribution in [0.15, 0.2) is 24.3 Å². The fourth-order valence-electron chi connectivity index (χ4n) is 3.03. The fraction of sp³-hybridized carbons (Fsp3) is 0.588. The minimum Gasteiger partial charge on any atom is -0.481 e. The Bertz CT molecular complexity index is 421. The van der Waals surface area contributed by atoms with E-state index in [0.717, 1.165) is 18.0 Å². The molecule has 1 unspecified atom stereocenters. The highest BCUT2D eigenvalue weighted by Gasteiger charge is 2.19. The molecule has 2 N–H and O–H groups in total. The predicted octanol–water partition coefficient (Wildman–Crippen LogP) is 3.37. The number of nitrogens with one attached hydrogen (secondary N) is 1. The molecule has 0 bridgehead atoms. The number of carboxylic acid groups (broad SMARTS) is 1. The van der Waals surface area contributed by atoms with Crippen molar-refractivity contribution >= 4 is 5.97 Å². The highest BCUT2D eigenvalue weighted by atomic mass is 16.4. The van der Waals surface area contributed by atoms with Crippen LogP contribution in [0.3, 0.4) is 0 Å². The Morgan fingerprint density at radius 3 is 2.40 bits per heavy atom. The molecule has 3 nitrogen and oxygen atoms in total.